The Morgan fingerprint density at radius 3 is 2.67 bits per heavy atom. The van der Waals surface area contributed by atoms with Gasteiger partial charge in [-0.05, 0) is 68.4 Å². The first kappa shape index (κ1) is 16.9. The molecular weight excluding hydrogens is 318 g/mol. The molecule has 24 heavy (non-hydrogen) atoms. The van der Waals surface area contributed by atoms with Crippen molar-refractivity contribution < 1.29 is 9.31 Å². The van der Waals surface area contributed by atoms with Gasteiger partial charge in [0.2, 0.25) is 0 Å². The van der Waals surface area contributed by atoms with Crippen molar-refractivity contribution in [2.45, 2.75) is 70.9 Å². The summed E-state index contributed by atoms with van der Waals surface area (Å²) in [5.74, 6) is 1.36. The molecule has 130 valence electrons. The molecule has 1 aliphatic heterocycles. The molecule has 3 saturated carbocycles. The SMILES string of the molecule is Cc1ccc(C[C@@H](Cl)B2O[C@@H]3CC4C[C@@H](C4(C)C)[C@]3(C)O2)c(C)c1. The second-order valence-corrected chi connectivity index (χ2v) is 9.55. The van der Waals surface area contributed by atoms with Crippen LogP contribution in [0.4, 0.5) is 0 Å². The van der Waals surface area contributed by atoms with Crippen molar-refractivity contribution >= 4 is 18.7 Å². The molecular formula is C20H28BClO2. The van der Waals surface area contributed by atoms with E-state index in [1.165, 1.54) is 23.1 Å². The monoisotopic (exact) mass is 346 g/mol. The standard InChI is InChI=1S/C20H28BClO2/c1-12-6-7-14(13(2)8-12)9-18(22)21-23-17-11-15-10-16(19(15,3)4)20(17,5)24-21/h6-8,15-18H,9-11H2,1-5H3/t15?,16-,17+,18+,20-/m0/s1. The van der Waals surface area contributed by atoms with E-state index in [0.29, 0.717) is 11.3 Å². The largest absolute Gasteiger partial charge is 0.477 e. The van der Waals surface area contributed by atoms with Crippen molar-refractivity contribution in [1.82, 2.24) is 0 Å². The highest BCUT2D eigenvalue weighted by Crippen LogP contribution is 2.65. The van der Waals surface area contributed by atoms with E-state index in [-0.39, 0.29) is 24.1 Å². The molecule has 0 radical (unpaired) electrons. The first-order valence-corrected chi connectivity index (χ1v) is 9.69. The molecule has 1 aromatic rings. The van der Waals surface area contributed by atoms with Crippen LogP contribution in [0, 0.1) is 31.1 Å². The summed E-state index contributed by atoms with van der Waals surface area (Å²) in [5, 5.41) is -0.144. The molecule has 2 bridgehead atoms. The smallest absolute Gasteiger partial charge is 0.404 e. The Kier molecular flexibility index (Phi) is 3.88. The number of aryl methyl sites for hydroxylation is 2. The van der Waals surface area contributed by atoms with Crippen LogP contribution in [0.15, 0.2) is 18.2 Å². The van der Waals surface area contributed by atoms with Gasteiger partial charge in [0.1, 0.15) is 0 Å². The minimum Gasteiger partial charge on any atom is -0.404 e. The molecule has 0 N–H and O–H groups in total. The van der Waals surface area contributed by atoms with Crippen LogP contribution < -0.4 is 0 Å². The lowest BCUT2D eigenvalue weighted by atomic mass is 9.43. The van der Waals surface area contributed by atoms with Crippen molar-refractivity contribution in [3.05, 3.63) is 34.9 Å². The third kappa shape index (κ3) is 2.39. The van der Waals surface area contributed by atoms with Gasteiger partial charge in [-0.1, -0.05) is 37.6 Å². The lowest BCUT2D eigenvalue weighted by molar-refractivity contribution is -0.199. The van der Waals surface area contributed by atoms with Crippen molar-refractivity contribution in [2.75, 3.05) is 0 Å². The first-order chi connectivity index (χ1) is 11.2. The minimum atomic E-state index is -0.294. The van der Waals surface area contributed by atoms with Gasteiger partial charge in [-0.3, -0.25) is 0 Å². The topological polar surface area (TPSA) is 18.5 Å². The lowest BCUT2D eigenvalue weighted by Crippen LogP contribution is -2.65. The van der Waals surface area contributed by atoms with Gasteiger partial charge in [-0.25, -0.2) is 0 Å². The Balaban J connectivity index is 1.48. The zero-order chi connectivity index (χ0) is 17.3. The van der Waals surface area contributed by atoms with Crippen LogP contribution in [0.25, 0.3) is 0 Å². The van der Waals surface area contributed by atoms with Gasteiger partial charge in [0.25, 0.3) is 0 Å². The molecule has 5 rings (SSSR count). The fourth-order valence-corrected chi connectivity index (χ4v) is 5.71. The summed E-state index contributed by atoms with van der Waals surface area (Å²) in [6.07, 6.45) is 3.39. The van der Waals surface area contributed by atoms with Crippen LogP contribution in [-0.4, -0.2) is 24.1 Å². The molecule has 1 saturated heterocycles. The third-order valence-electron chi connectivity index (χ3n) is 7.18. The van der Waals surface area contributed by atoms with Crippen LogP contribution in [-0.2, 0) is 15.7 Å². The molecule has 2 nitrogen and oxygen atoms in total. The number of hydrogen-bond acceptors (Lipinski definition) is 2. The minimum absolute atomic E-state index is 0.144. The van der Waals surface area contributed by atoms with Crippen molar-refractivity contribution in [3.8, 4) is 0 Å². The van der Waals surface area contributed by atoms with Crippen molar-refractivity contribution in [1.29, 1.82) is 0 Å². The Hall–Kier alpha value is -0.505. The number of benzene rings is 1. The van der Waals surface area contributed by atoms with Crippen LogP contribution in [0.3, 0.4) is 0 Å². The van der Waals surface area contributed by atoms with Gasteiger partial charge in [0.05, 0.1) is 17.0 Å². The third-order valence-corrected chi connectivity index (χ3v) is 7.54. The predicted molar refractivity (Wildman–Crippen MR) is 99.4 cm³/mol. The average Bonchev–Trinajstić information content (AvgIpc) is 2.86. The van der Waals surface area contributed by atoms with E-state index in [4.69, 9.17) is 20.9 Å². The Morgan fingerprint density at radius 2 is 2.00 bits per heavy atom. The van der Waals surface area contributed by atoms with E-state index >= 15 is 0 Å². The van der Waals surface area contributed by atoms with E-state index in [1.807, 2.05) is 0 Å². The van der Waals surface area contributed by atoms with Crippen molar-refractivity contribution in [3.63, 3.8) is 0 Å². The number of rotatable bonds is 3. The highest BCUT2D eigenvalue weighted by molar-refractivity contribution is 6.60. The maximum atomic E-state index is 6.74. The van der Waals surface area contributed by atoms with Crippen LogP contribution >= 0.6 is 11.6 Å². The summed E-state index contributed by atoms with van der Waals surface area (Å²) in [6.45, 7) is 11.3. The van der Waals surface area contributed by atoms with Gasteiger partial charge in [-0.2, -0.15) is 0 Å². The second kappa shape index (κ2) is 5.49. The van der Waals surface area contributed by atoms with E-state index in [9.17, 15) is 0 Å². The molecule has 3 aliphatic carbocycles. The van der Waals surface area contributed by atoms with Crippen LogP contribution in [0.1, 0.15) is 50.3 Å². The highest BCUT2D eigenvalue weighted by Gasteiger charge is 2.68. The summed E-state index contributed by atoms with van der Waals surface area (Å²) < 4.78 is 12.8. The van der Waals surface area contributed by atoms with E-state index in [0.717, 1.165) is 18.8 Å². The summed E-state index contributed by atoms with van der Waals surface area (Å²) in [4.78, 5) is 0. The normalized spacial score (nSPS) is 37.8. The van der Waals surface area contributed by atoms with Crippen molar-refractivity contribution in [2.24, 2.45) is 17.3 Å². The average molecular weight is 347 g/mol. The summed E-state index contributed by atoms with van der Waals surface area (Å²) in [7, 11) is -0.294. The lowest BCUT2D eigenvalue weighted by Gasteiger charge is -2.64. The van der Waals surface area contributed by atoms with Crippen LogP contribution in [0.5, 0.6) is 0 Å². The molecule has 1 aromatic carbocycles. The molecule has 0 spiro atoms. The fourth-order valence-electron chi connectivity index (χ4n) is 5.43. The molecule has 0 amide bonds. The summed E-state index contributed by atoms with van der Waals surface area (Å²) >= 11 is 6.74. The molecule has 1 heterocycles. The Bertz CT molecular complexity index is 661. The van der Waals surface area contributed by atoms with Gasteiger partial charge in [-0.15, -0.1) is 11.6 Å². The number of alkyl halides is 1. The maximum Gasteiger partial charge on any atom is 0.477 e. The molecule has 4 heteroatoms. The second-order valence-electron chi connectivity index (χ2n) is 8.99. The zero-order valence-corrected chi connectivity index (χ0v) is 16.2. The molecule has 5 atom stereocenters. The molecule has 4 fully saturated rings. The molecule has 1 unspecified atom stereocenters. The zero-order valence-electron chi connectivity index (χ0n) is 15.4. The molecule has 0 aromatic heterocycles. The van der Waals surface area contributed by atoms with Gasteiger partial charge in [0, 0.05) is 0 Å². The fraction of sp³-hybridized carbons (Fsp3) is 0.700. The van der Waals surface area contributed by atoms with E-state index < -0.39 is 0 Å². The van der Waals surface area contributed by atoms with Gasteiger partial charge in [0.15, 0.2) is 0 Å². The van der Waals surface area contributed by atoms with E-state index in [2.05, 4.69) is 52.8 Å². The number of hydrogen-bond donors (Lipinski definition) is 0. The summed E-state index contributed by atoms with van der Waals surface area (Å²) in [5.41, 5.74) is 4.08. The first-order valence-electron chi connectivity index (χ1n) is 9.25. The molecule has 4 aliphatic rings. The Morgan fingerprint density at radius 1 is 1.25 bits per heavy atom. The van der Waals surface area contributed by atoms with Gasteiger partial charge < -0.3 is 9.31 Å². The maximum absolute atomic E-state index is 6.74. The predicted octanol–water partition coefficient (Wildman–Crippen LogP) is 4.72. The quantitative estimate of drug-likeness (QED) is 0.582. The summed E-state index contributed by atoms with van der Waals surface area (Å²) in [6, 6.07) is 6.55. The van der Waals surface area contributed by atoms with Crippen LogP contribution in [0.2, 0.25) is 0 Å². The number of halogens is 1. The van der Waals surface area contributed by atoms with E-state index in [1.54, 1.807) is 0 Å². The van der Waals surface area contributed by atoms with Gasteiger partial charge >= 0.3 is 7.12 Å². The Labute approximate surface area is 151 Å². The highest BCUT2D eigenvalue weighted by atomic mass is 35.5.